The first-order valence-corrected chi connectivity index (χ1v) is 8.12. The van der Waals surface area contributed by atoms with Gasteiger partial charge in [0.2, 0.25) is 0 Å². The molecule has 0 heterocycles. The number of hydrogen-bond donors (Lipinski definition) is 1. The summed E-state index contributed by atoms with van der Waals surface area (Å²) in [7, 11) is 0. The third kappa shape index (κ3) is 6.56. The van der Waals surface area contributed by atoms with Crippen molar-refractivity contribution in [1.82, 2.24) is 5.32 Å². The van der Waals surface area contributed by atoms with Gasteiger partial charge in [-0.2, -0.15) is 0 Å². The molecule has 1 N–H and O–H groups in total. The molecule has 0 aliphatic carbocycles. The maximum absolute atomic E-state index is 3.50. The molecule has 1 atom stereocenters. The molecule has 0 aliphatic rings. The second-order valence-electron chi connectivity index (χ2n) is 7.49. The van der Waals surface area contributed by atoms with E-state index < -0.39 is 0 Å². The van der Waals surface area contributed by atoms with Gasteiger partial charge in [-0.15, -0.1) is 0 Å². The van der Waals surface area contributed by atoms with Crippen molar-refractivity contribution in [2.75, 3.05) is 6.54 Å². The summed E-state index contributed by atoms with van der Waals surface area (Å²) in [6.45, 7) is 14.7. The smallest absolute Gasteiger partial charge is 0.00103 e. The van der Waals surface area contributed by atoms with Gasteiger partial charge in [-0.1, -0.05) is 65.8 Å². The standard InChI is InChI=1S/C19H33N/c1-15(2)20-14-13-16(3)7-8-17-9-11-18(12-10-17)19(4,5)6/h9-12,15-16,20H,7-8,13-14H2,1-6H3. The van der Waals surface area contributed by atoms with Gasteiger partial charge >= 0.3 is 0 Å². The average Bonchev–Trinajstić information content (AvgIpc) is 2.35. The van der Waals surface area contributed by atoms with Crippen LogP contribution in [0.4, 0.5) is 0 Å². The van der Waals surface area contributed by atoms with Gasteiger partial charge in [-0.25, -0.2) is 0 Å². The Balaban J connectivity index is 2.34. The van der Waals surface area contributed by atoms with E-state index in [2.05, 4.69) is 71.1 Å². The van der Waals surface area contributed by atoms with Gasteiger partial charge in [-0.3, -0.25) is 0 Å². The maximum atomic E-state index is 3.50. The van der Waals surface area contributed by atoms with Crippen LogP contribution in [0, 0.1) is 5.92 Å². The van der Waals surface area contributed by atoms with Crippen molar-refractivity contribution in [3.8, 4) is 0 Å². The lowest BCUT2D eigenvalue weighted by atomic mass is 9.86. The van der Waals surface area contributed by atoms with Crippen molar-refractivity contribution >= 4 is 0 Å². The van der Waals surface area contributed by atoms with Crippen molar-refractivity contribution in [2.24, 2.45) is 5.92 Å². The molecule has 0 aliphatic heterocycles. The fourth-order valence-corrected chi connectivity index (χ4v) is 2.35. The van der Waals surface area contributed by atoms with Crippen molar-refractivity contribution < 1.29 is 0 Å². The van der Waals surface area contributed by atoms with E-state index in [-0.39, 0.29) is 5.41 Å². The molecule has 1 heteroatoms. The first kappa shape index (κ1) is 17.2. The lowest BCUT2D eigenvalue weighted by molar-refractivity contribution is 0.454. The Morgan fingerprint density at radius 2 is 1.55 bits per heavy atom. The third-order valence-corrected chi connectivity index (χ3v) is 3.94. The Labute approximate surface area is 126 Å². The minimum absolute atomic E-state index is 0.258. The van der Waals surface area contributed by atoms with Crippen molar-refractivity contribution in [2.45, 2.75) is 72.3 Å². The third-order valence-electron chi connectivity index (χ3n) is 3.94. The molecule has 0 amide bonds. The van der Waals surface area contributed by atoms with Gasteiger partial charge in [-0.05, 0) is 48.3 Å². The fourth-order valence-electron chi connectivity index (χ4n) is 2.35. The summed E-state index contributed by atoms with van der Waals surface area (Å²) in [6, 6.07) is 9.80. The second kappa shape index (κ2) is 7.83. The highest BCUT2D eigenvalue weighted by Gasteiger charge is 2.12. The summed E-state index contributed by atoms with van der Waals surface area (Å²) in [4.78, 5) is 0. The first-order valence-electron chi connectivity index (χ1n) is 8.12. The minimum Gasteiger partial charge on any atom is -0.315 e. The normalized spacial score (nSPS) is 13.8. The van der Waals surface area contributed by atoms with Gasteiger partial charge < -0.3 is 5.32 Å². The van der Waals surface area contributed by atoms with Crippen LogP contribution in [-0.4, -0.2) is 12.6 Å². The van der Waals surface area contributed by atoms with E-state index in [4.69, 9.17) is 0 Å². The predicted octanol–water partition coefficient (Wildman–Crippen LogP) is 4.94. The van der Waals surface area contributed by atoms with Crippen LogP contribution in [-0.2, 0) is 11.8 Å². The highest BCUT2D eigenvalue weighted by Crippen LogP contribution is 2.23. The summed E-state index contributed by atoms with van der Waals surface area (Å²) in [5.74, 6) is 0.795. The first-order chi connectivity index (χ1) is 9.29. The van der Waals surface area contributed by atoms with Gasteiger partial charge in [0.15, 0.2) is 0 Å². The van der Waals surface area contributed by atoms with Gasteiger partial charge in [0, 0.05) is 6.04 Å². The molecule has 0 spiro atoms. The van der Waals surface area contributed by atoms with Crippen molar-refractivity contribution in [1.29, 1.82) is 0 Å². The number of rotatable bonds is 7. The molecule has 20 heavy (non-hydrogen) atoms. The topological polar surface area (TPSA) is 12.0 Å². The Morgan fingerprint density at radius 1 is 0.950 bits per heavy atom. The minimum atomic E-state index is 0.258. The van der Waals surface area contributed by atoms with Crippen LogP contribution in [0.25, 0.3) is 0 Å². The predicted molar refractivity (Wildman–Crippen MR) is 90.4 cm³/mol. The lowest BCUT2D eigenvalue weighted by Crippen LogP contribution is -2.25. The summed E-state index contributed by atoms with van der Waals surface area (Å²) < 4.78 is 0. The number of nitrogens with one attached hydrogen (secondary N) is 1. The summed E-state index contributed by atoms with van der Waals surface area (Å²) in [6.07, 6.45) is 3.76. The van der Waals surface area contributed by atoms with Crippen LogP contribution in [0.1, 0.15) is 65.5 Å². The number of aryl methyl sites for hydroxylation is 1. The molecule has 0 saturated heterocycles. The van der Waals surface area contributed by atoms with E-state index >= 15 is 0 Å². The number of benzene rings is 1. The molecular weight excluding hydrogens is 242 g/mol. The summed E-state index contributed by atoms with van der Waals surface area (Å²) in [5.41, 5.74) is 3.16. The van der Waals surface area contributed by atoms with Gasteiger partial charge in [0.1, 0.15) is 0 Å². The number of hydrogen-bond acceptors (Lipinski definition) is 1. The summed E-state index contributed by atoms with van der Waals surface area (Å²) in [5, 5.41) is 3.50. The molecule has 1 nitrogen and oxygen atoms in total. The van der Waals surface area contributed by atoms with Crippen LogP contribution in [0.2, 0.25) is 0 Å². The molecule has 0 bridgehead atoms. The zero-order valence-electron chi connectivity index (χ0n) is 14.3. The van der Waals surface area contributed by atoms with Crippen molar-refractivity contribution in [3.63, 3.8) is 0 Å². The SMILES string of the molecule is CC(CCNC(C)C)CCc1ccc(C(C)(C)C)cc1. The molecule has 0 aromatic heterocycles. The highest BCUT2D eigenvalue weighted by molar-refractivity contribution is 5.27. The van der Waals surface area contributed by atoms with E-state index in [0.717, 1.165) is 12.5 Å². The van der Waals surface area contributed by atoms with Crippen LogP contribution < -0.4 is 5.32 Å². The molecule has 114 valence electrons. The second-order valence-corrected chi connectivity index (χ2v) is 7.49. The zero-order valence-corrected chi connectivity index (χ0v) is 14.3. The Kier molecular flexibility index (Phi) is 6.75. The van der Waals surface area contributed by atoms with Gasteiger partial charge in [0.05, 0.1) is 0 Å². The Hall–Kier alpha value is -0.820. The Morgan fingerprint density at radius 3 is 2.05 bits per heavy atom. The van der Waals surface area contributed by atoms with Crippen LogP contribution in [0.5, 0.6) is 0 Å². The molecule has 0 saturated carbocycles. The molecule has 1 aromatic carbocycles. The van der Waals surface area contributed by atoms with Crippen molar-refractivity contribution in [3.05, 3.63) is 35.4 Å². The molecule has 1 unspecified atom stereocenters. The average molecular weight is 275 g/mol. The van der Waals surface area contributed by atoms with E-state index in [9.17, 15) is 0 Å². The molecular formula is C19H33N. The molecule has 1 rings (SSSR count). The zero-order chi connectivity index (χ0) is 15.2. The maximum Gasteiger partial charge on any atom is 0.00103 e. The lowest BCUT2D eigenvalue weighted by Gasteiger charge is -2.19. The van der Waals surface area contributed by atoms with E-state index in [1.54, 1.807) is 0 Å². The van der Waals surface area contributed by atoms with E-state index in [1.165, 1.54) is 30.4 Å². The van der Waals surface area contributed by atoms with Crippen LogP contribution in [0.3, 0.4) is 0 Å². The van der Waals surface area contributed by atoms with Crippen LogP contribution >= 0.6 is 0 Å². The van der Waals surface area contributed by atoms with Gasteiger partial charge in [0.25, 0.3) is 0 Å². The fraction of sp³-hybridized carbons (Fsp3) is 0.684. The monoisotopic (exact) mass is 275 g/mol. The molecule has 0 radical (unpaired) electrons. The molecule has 0 fully saturated rings. The molecule has 1 aromatic rings. The summed E-state index contributed by atoms with van der Waals surface area (Å²) >= 11 is 0. The highest BCUT2D eigenvalue weighted by atomic mass is 14.9. The largest absolute Gasteiger partial charge is 0.315 e. The van der Waals surface area contributed by atoms with E-state index in [1.807, 2.05) is 0 Å². The quantitative estimate of drug-likeness (QED) is 0.743. The van der Waals surface area contributed by atoms with Crippen LogP contribution in [0.15, 0.2) is 24.3 Å². The van der Waals surface area contributed by atoms with E-state index in [0.29, 0.717) is 6.04 Å². The Bertz CT molecular complexity index is 370.